The number of rotatable bonds is 5. The maximum Gasteiger partial charge on any atom is 0.323 e. The fourth-order valence-electron chi connectivity index (χ4n) is 1.55. The molecule has 0 saturated heterocycles. The van der Waals surface area contributed by atoms with Gasteiger partial charge in [0.15, 0.2) is 0 Å². The monoisotopic (exact) mass is 250 g/mol. The molecule has 0 fully saturated rings. The molecule has 1 aromatic rings. The van der Waals surface area contributed by atoms with E-state index in [2.05, 4.69) is 5.32 Å². The van der Waals surface area contributed by atoms with E-state index in [1.807, 2.05) is 19.9 Å². The summed E-state index contributed by atoms with van der Waals surface area (Å²) in [5.41, 5.74) is 0.654. The number of carboxylic acid groups (broad SMARTS) is 1. The molecule has 0 heterocycles. The Morgan fingerprint density at radius 3 is 2.39 bits per heavy atom. The van der Waals surface area contributed by atoms with Gasteiger partial charge < -0.3 is 15.3 Å². The summed E-state index contributed by atoms with van der Waals surface area (Å²) in [7, 11) is 0. The number of hydrogen-bond acceptors (Lipinski definition) is 2. The molecule has 0 bridgehead atoms. The third kappa shape index (κ3) is 4.86. The maximum atomic E-state index is 11.9. The Kier molecular flexibility index (Phi) is 5.17. The van der Waals surface area contributed by atoms with Crippen LogP contribution < -0.4 is 5.32 Å². The largest absolute Gasteiger partial charge is 0.480 e. The molecule has 0 radical (unpaired) electrons. The molecule has 0 unspecified atom stereocenters. The Hall–Kier alpha value is -2.04. The second-order valence-corrected chi connectivity index (χ2v) is 4.46. The summed E-state index contributed by atoms with van der Waals surface area (Å²) in [5.74, 6) is -0.801. The van der Waals surface area contributed by atoms with E-state index in [0.717, 1.165) is 0 Å². The molecule has 5 heteroatoms. The predicted octanol–water partition coefficient (Wildman–Crippen LogP) is 2.26. The molecule has 0 aliphatic rings. The highest BCUT2D eigenvalue weighted by atomic mass is 16.4. The molecule has 1 rings (SSSR count). The van der Waals surface area contributed by atoms with Gasteiger partial charge in [0.05, 0.1) is 0 Å². The highest BCUT2D eigenvalue weighted by Crippen LogP contribution is 2.08. The van der Waals surface area contributed by atoms with Crippen LogP contribution in [-0.2, 0) is 4.79 Å². The summed E-state index contributed by atoms with van der Waals surface area (Å²) in [6, 6.07) is 8.58. The third-order valence-corrected chi connectivity index (χ3v) is 2.22. The number of carboxylic acids is 1. The fraction of sp³-hybridized carbons (Fsp3) is 0.385. The first-order valence-electron chi connectivity index (χ1n) is 5.82. The minimum Gasteiger partial charge on any atom is -0.480 e. The van der Waals surface area contributed by atoms with Crippen molar-refractivity contribution in [1.29, 1.82) is 0 Å². The lowest BCUT2D eigenvalue weighted by molar-refractivity contribution is -0.137. The minimum absolute atomic E-state index is 0.214. The fourth-order valence-corrected chi connectivity index (χ4v) is 1.55. The molecule has 0 aliphatic carbocycles. The summed E-state index contributed by atoms with van der Waals surface area (Å²) in [6.45, 7) is 3.98. The summed E-state index contributed by atoms with van der Waals surface area (Å²) >= 11 is 0. The van der Waals surface area contributed by atoms with E-state index >= 15 is 0 Å². The number of anilines is 1. The van der Waals surface area contributed by atoms with Gasteiger partial charge in [0.1, 0.15) is 6.54 Å². The van der Waals surface area contributed by atoms with E-state index in [-0.39, 0.29) is 12.5 Å². The number of nitrogens with zero attached hydrogens (tertiary/aromatic N) is 1. The van der Waals surface area contributed by atoms with Crippen LogP contribution in [0.3, 0.4) is 0 Å². The van der Waals surface area contributed by atoms with E-state index in [9.17, 15) is 9.59 Å². The van der Waals surface area contributed by atoms with Crippen LogP contribution in [0.25, 0.3) is 0 Å². The summed E-state index contributed by atoms with van der Waals surface area (Å²) in [6.07, 6.45) is 0. The van der Waals surface area contributed by atoms with Crippen LogP contribution in [0.5, 0.6) is 0 Å². The van der Waals surface area contributed by atoms with Crippen LogP contribution in [0, 0.1) is 5.92 Å². The van der Waals surface area contributed by atoms with E-state index in [0.29, 0.717) is 12.2 Å². The van der Waals surface area contributed by atoms with Crippen molar-refractivity contribution in [2.24, 2.45) is 5.92 Å². The van der Waals surface area contributed by atoms with Gasteiger partial charge in [0.25, 0.3) is 0 Å². The van der Waals surface area contributed by atoms with E-state index < -0.39 is 12.0 Å². The van der Waals surface area contributed by atoms with E-state index in [4.69, 9.17) is 5.11 Å². The van der Waals surface area contributed by atoms with Crippen molar-refractivity contribution in [2.45, 2.75) is 13.8 Å². The number of hydrogen-bond donors (Lipinski definition) is 2. The Morgan fingerprint density at radius 2 is 1.89 bits per heavy atom. The first-order chi connectivity index (χ1) is 8.49. The summed E-state index contributed by atoms with van der Waals surface area (Å²) in [4.78, 5) is 24.0. The maximum absolute atomic E-state index is 11.9. The van der Waals surface area contributed by atoms with Crippen LogP contribution in [0.4, 0.5) is 10.5 Å². The molecule has 2 N–H and O–H groups in total. The molecular formula is C13H18N2O3. The molecule has 0 aliphatic heterocycles. The van der Waals surface area contributed by atoms with E-state index in [1.165, 1.54) is 4.90 Å². The molecule has 1 aromatic carbocycles. The molecule has 5 nitrogen and oxygen atoms in total. The first kappa shape index (κ1) is 14.0. The Morgan fingerprint density at radius 1 is 1.28 bits per heavy atom. The van der Waals surface area contributed by atoms with Gasteiger partial charge in [-0.2, -0.15) is 0 Å². The second kappa shape index (κ2) is 6.64. The lowest BCUT2D eigenvalue weighted by atomic mass is 10.2. The molecule has 2 amide bonds. The lowest BCUT2D eigenvalue weighted by Gasteiger charge is -2.23. The van der Waals surface area contributed by atoms with Gasteiger partial charge in [0.2, 0.25) is 0 Å². The van der Waals surface area contributed by atoms with Gasteiger partial charge in [-0.3, -0.25) is 4.79 Å². The minimum atomic E-state index is -1.01. The number of urea groups is 1. The van der Waals surface area contributed by atoms with Crippen molar-refractivity contribution in [3.8, 4) is 0 Å². The number of aliphatic carboxylic acids is 1. The molecule has 0 saturated carbocycles. The molecule has 0 aromatic heterocycles. The summed E-state index contributed by atoms with van der Waals surface area (Å²) < 4.78 is 0. The second-order valence-electron chi connectivity index (χ2n) is 4.46. The van der Waals surface area contributed by atoms with Gasteiger partial charge in [-0.05, 0) is 18.1 Å². The van der Waals surface area contributed by atoms with Gasteiger partial charge in [0, 0.05) is 12.2 Å². The van der Waals surface area contributed by atoms with Crippen LogP contribution in [0.1, 0.15) is 13.8 Å². The highest BCUT2D eigenvalue weighted by Gasteiger charge is 2.17. The highest BCUT2D eigenvalue weighted by molar-refractivity contribution is 5.91. The van der Waals surface area contributed by atoms with Crippen molar-refractivity contribution in [1.82, 2.24) is 4.90 Å². The zero-order chi connectivity index (χ0) is 13.5. The summed E-state index contributed by atoms with van der Waals surface area (Å²) in [5, 5.41) is 11.5. The van der Waals surface area contributed by atoms with Crippen molar-refractivity contribution < 1.29 is 14.7 Å². The number of carbonyl (C=O) groups is 2. The van der Waals surface area contributed by atoms with Gasteiger partial charge in [-0.25, -0.2) is 4.79 Å². The average Bonchev–Trinajstić information content (AvgIpc) is 2.28. The van der Waals surface area contributed by atoms with Gasteiger partial charge in [-0.1, -0.05) is 32.0 Å². The molecule has 18 heavy (non-hydrogen) atoms. The standard InChI is InChI=1S/C13H18N2O3/c1-10(2)8-15(9-12(16)17)13(18)14-11-6-4-3-5-7-11/h3-7,10H,8-9H2,1-2H3,(H,14,18)(H,16,17). The number of nitrogens with one attached hydrogen (secondary N) is 1. The quantitative estimate of drug-likeness (QED) is 0.842. The van der Waals surface area contributed by atoms with Crippen molar-refractivity contribution >= 4 is 17.7 Å². The van der Waals surface area contributed by atoms with Crippen LogP contribution in [0.2, 0.25) is 0 Å². The molecule has 0 atom stereocenters. The lowest BCUT2D eigenvalue weighted by Crippen LogP contribution is -2.40. The Balaban J connectivity index is 2.67. The average molecular weight is 250 g/mol. The van der Waals surface area contributed by atoms with E-state index in [1.54, 1.807) is 24.3 Å². The zero-order valence-electron chi connectivity index (χ0n) is 10.6. The Labute approximate surface area is 106 Å². The number of para-hydroxylation sites is 1. The van der Waals surface area contributed by atoms with Gasteiger partial charge >= 0.3 is 12.0 Å². The van der Waals surface area contributed by atoms with Gasteiger partial charge in [-0.15, -0.1) is 0 Å². The normalized spacial score (nSPS) is 10.2. The number of amides is 2. The SMILES string of the molecule is CC(C)CN(CC(=O)O)C(=O)Nc1ccccc1. The zero-order valence-corrected chi connectivity index (χ0v) is 10.6. The van der Waals surface area contributed by atoms with Crippen molar-refractivity contribution in [3.05, 3.63) is 30.3 Å². The number of benzene rings is 1. The molecule has 0 spiro atoms. The number of carbonyl (C=O) groups excluding carboxylic acids is 1. The van der Waals surface area contributed by atoms with Crippen molar-refractivity contribution in [3.63, 3.8) is 0 Å². The molecule has 98 valence electrons. The van der Waals surface area contributed by atoms with Crippen LogP contribution in [-0.4, -0.2) is 35.1 Å². The first-order valence-corrected chi connectivity index (χ1v) is 5.82. The third-order valence-electron chi connectivity index (χ3n) is 2.22. The van der Waals surface area contributed by atoms with Crippen LogP contribution >= 0.6 is 0 Å². The smallest absolute Gasteiger partial charge is 0.323 e. The topological polar surface area (TPSA) is 69.6 Å². The predicted molar refractivity (Wildman–Crippen MR) is 69.5 cm³/mol. The Bertz CT molecular complexity index is 404. The molecular weight excluding hydrogens is 232 g/mol. The van der Waals surface area contributed by atoms with Crippen molar-refractivity contribution in [2.75, 3.05) is 18.4 Å². The van der Waals surface area contributed by atoms with Crippen LogP contribution in [0.15, 0.2) is 30.3 Å².